The predicted octanol–water partition coefficient (Wildman–Crippen LogP) is 4.35. The number of aromatic nitrogens is 3. The van der Waals surface area contributed by atoms with Gasteiger partial charge >= 0.3 is 0 Å². The van der Waals surface area contributed by atoms with Crippen LogP contribution in [0.4, 0.5) is 0 Å². The second-order valence-corrected chi connectivity index (χ2v) is 8.43. The first-order valence-corrected chi connectivity index (χ1v) is 10.9. The Balaban J connectivity index is 1.36. The monoisotopic (exact) mass is 418 g/mol. The van der Waals surface area contributed by atoms with Crippen molar-refractivity contribution in [2.75, 3.05) is 20.2 Å². The van der Waals surface area contributed by atoms with E-state index in [1.807, 2.05) is 42.3 Å². The summed E-state index contributed by atoms with van der Waals surface area (Å²) in [5.41, 5.74) is 3.45. The molecule has 3 aromatic rings. The molecule has 2 aromatic heterocycles. The summed E-state index contributed by atoms with van der Waals surface area (Å²) in [5.74, 6) is 3.13. The zero-order valence-electron chi connectivity index (χ0n) is 17.9. The number of likely N-dealkylation sites (tertiary alicyclic amines) is 1. The quantitative estimate of drug-likeness (QED) is 0.613. The molecule has 1 amide bonds. The molecule has 31 heavy (non-hydrogen) atoms. The van der Waals surface area contributed by atoms with Gasteiger partial charge < -0.3 is 14.2 Å². The molecular weight excluding hydrogens is 392 g/mol. The van der Waals surface area contributed by atoms with Gasteiger partial charge in [-0.15, -0.1) is 0 Å². The Morgan fingerprint density at radius 3 is 2.61 bits per heavy atom. The maximum atomic E-state index is 13.0. The number of piperidine rings is 1. The molecule has 0 bridgehead atoms. The van der Waals surface area contributed by atoms with Gasteiger partial charge in [0.25, 0.3) is 5.91 Å². The lowest BCUT2D eigenvalue weighted by molar-refractivity contribution is 0.0711. The Morgan fingerprint density at radius 1 is 1.13 bits per heavy atom. The summed E-state index contributed by atoms with van der Waals surface area (Å²) in [6, 6.07) is 9.27. The Labute approximate surface area is 181 Å². The number of hydrogen-bond acceptors (Lipinski definition) is 6. The number of benzene rings is 1. The minimum atomic E-state index is 0.0461. The first-order valence-electron chi connectivity index (χ1n) is 10.9. The van der Waals surface area contributed by atoms with Crippen molar-refractivity contribution in [1.82, 2.24) is 20.0 Å². The molecule has 1 saturated carbocycles. The van der Waals surface area contributed by atoms with Gasteiger partial charge in [-0.05, 0) is 50.8 Å². The number of ether oxygens (including phenoxy) is 1. The lowest BCUT2D eigenvalue weighted by atomic mass is 9.89. The van der Waals surface area contributed by atoms with Crippen molar-refractivity contribution in [2.45, 2.75) is 44.4 Å². The summed E-state index contributed by atoms with van der Waals surface area (Å²) in [6.45, 7) is 3.30. The van der Waals surface area contributed by atoms with Gasteiger partial charge in [-0.1, -0.05) is 11.2 Å². The first kappa shape index (κ1) is 19.7. The van der Waals surface area contributed by atoms with E-state index in [1.165, 1.54) is 0 Å². The van der Waals surface area contributed by atoms with Crippen LogP contribution in [0.5, 0.6) is 5.75 Å². The second kappa shape index (κ2) is 8.13. The lowest BCUT2D eigenvalue weighted by Crippen LogP contribution is -2.38. The molecule has 1 aliphatic carbocycles. The van der Waals surface area contributed by atoms with Crippen LogP contribution in [0.3, 0.4) is 0 Å². The summed E-state index contributed by atoms with van der Waals surface area (Å²) >= 11 is 0. The number of methoxy groups -OCH3 is 1. The van der Waals surface area contributed by atoms with E-state index in [9.17, 15) is 4.79 Å². The molecule has 0 N–H and O–H groups in total. The van der Waals surface area contributed by atoms with Crippen LogP contribution in [-0.2, 0) is 0 Å². The van der Waals surface area contributed by atoms with Crippen LogP contribution in [0.15, 0.2) is 41.1 Å². The fourth-order valence-corrected chi connectivity index (χ4v) is 4.23. The zero-order valence-corrected chi connectivity index (χ0v) is 17.9. The molecule has 0 radical (unpaired) electrons. The van der Waals surface area contributed by atoms with E-state index in [1.54, 1.807) is 13.2 Å². The van der Waals surface area contributed by atoms with Crippen molar-refractivity contribution in [2.24, 2.45) is 0 Å². The highest BCUT2D eigenvalue weighted by Gasteiger charge is 2.32. The summed E-state index contributed by atoms with van der Waals surface area (Å²) in [5, 5.41) is 4.04. The normalized spacial score (nSPS) is 17.0. The van der Waals surface area contributed by atoms with Crippen LogP contribution in [0, 0.1) is 6.92 Å². The highest BCUT2D eigenvalue weighted by molar-refractivity contribution is 5.94. The molecule has 7 heteroatoms. The highest BCUT2D eigenvalue weighted by atomic mass is 16.5. The molecule has 0 unspecified atom stereocenters. The Kier molecular flexibility index (Phi) is 5.18. The molecule has 7 nitrogen and oxygen atoms in total. The summed E-state index contributed by atoms with van der Waals surface area (Å²) in [7, 11) is 1.61. The van der Waals surface area contributed by atoms with Gasteiger partial charge in [-0.25, -0.2) is 9.97 Å². The van der Waals surface area contributed by atoms with Gasteiger partial charge in [0.15, 0.2) is 5.76 Å². The molecule has 2 aliphatic rings. The molecular formula is C24H26N4O3. The number of aryl methyl sites for hydroxylation is 1. The summed E-state index contributed by atoms with van der Waals surface area (Å²) in [6.07, 6.45) is 5.93. The number of carbonyl (C=O) groups is 1. The maximum Gasteiger partial charge on any atom is 0.253 e. The third-order valence-corrected chi connectivity index (χ3v) is 6.16. The molecule has 0 atom stereocenters. The number of hydrogen-bond donors (Lipinski definition) is 0. The number of amides is 1. The molecule has 1 aliphatic heterocycles. The zero-order chi connectivity index (χ0) is 21.4. The van der Waals surface area contributed by atoms with Crippen LogP contribution < -0.4 is 4.74 Å². The van der Waals surface area contributed by atoms with E-state index >= 15 is 0 Å². The maximum absolute atomic E-state index is 13.0. The number of nitrogens with zero attached hydrogens (tertiary/aromatic N) is 4. The van der Waals surface area contributed by atoms with Gasteiger partial charge in [0, 0.05) is 42.8 Å². The minimum Gasteiger partial charge on any atom is -0.497 e. The Hall–Kier alpha value is -3.22. The molecule has 5 rings (SSSR count). The van der Waals surface area contributed by atoms with E-state index in [4.69, 9.17) is 14.2 Å². The Bertz CT molecular complexity index is 1100. The fraction of sp³-hybridized carbons (Fsp3) is 0.417. The molecule has 1 aromatic carbocycles. The van der Waals surface area contributed by atoms with Crippen LogP contribution in [0.1, 0.15) is 65.1 Å². The van der Waals surface area contributed by atoms with E-state index in [-0.39, 0.29) is 11.8 Å². The molecule has 160 valence electrons. The second-order valence-electron chi connectivity index (χ2n) is 8.43. The number of rotatable bonds is 5. The lowest BCUT2D eigenvalue weighted by Gasteiger charge is -2.32. The van der Waals surface area contributed by atoms with Crippen molar-refractivity contribution in [1.29, 1.82) is 0 Å². The SMILES string of the molecule is COc1cccc(C(=O)N2CCC(c3nc(C4CC4)ncc3-c3cc(C)no3)CC2)c1. The van der Waals surface area contributed by atoms with Crippen LogP contribution in [0.25, 0.3) is 11.3 Å². The average molecular weight is 418 g/mol. The van der Waals surface area contributed by atoms with Crippen LogP contribution in [0.2, 0.25) is 0 Å². The smallest absolute Gasteiger partial charge is 0.253 e. The van der Waals surface area contributed by atoms with Gasteiger partial charge in [0.1, 0.15) is 11.6 Å². The molecule has 1 saturated heterocycles. The van der Waals surface area contributed by atoms with Crippen molar-refractivity contribution < 1.29 is 14.1 Å². The Morgan fingerprint density at radius 2 is 1.94 bits per heavy atom. The topological polar surface area (TPSA) is 81.4 Å². The van der Waals surface area contributed by atoms with E-state index in [0.29, 0.717) is 36.1 Å². The fourth-order valence-electron chi connectivity index (χ4n) is 4.23. The third-order valence-electron chi connectivity index (χ3n) is 6.16. The average Bonchev–Trinajstić information content (AvgIpc) is 3.59. The van der Waals surface area contributed by atoms with Crippen molar-refractivity contribution in [3.05, 3.63) is 59.3 Å². The van der Waals surface area contributed by atoms with E-state index < -0.39 is 0 Å². The van der Waals surface area contributed by atoms with Gasteiger partial charge in [-0.3, -0.25) is 4.79 Å². The van der Waals surface area contributed by atoms with Crippen LogP contribution in [-0.4, -0.2) is 46.1 Å². The molecule has 2 fully saturated rings. The van der Waals surface area contributed by atoms with Gasteiger partial charge in [0.2, 0.25) is 0 Å². The number of carbonyl (C=O) groups excluding carboxylic acids is 1. The van der Waals surface area contributed by atoms with Gasteiger partial charge in [0.05, 0.1) is 24.1 Å². The third kappa shape index (κ3) is 4.04. The summed E-state index contributed by atoms with van der Waals surface area (Å²) in [4.78, 5) is 24.5. The predicted molar refractivity (Wildman–Crippen MR) is 115 cm³/mol. The molecule has 3 heterocycles. The molecule has 0 spiro atoms. The first-order chi connectivity index (χ1) is 15.1. The largest absolute Gasteiger partial charge is 0.497 e. The van der Waals surface area contributed by atoms with E-state index in [2.05, 4.69) is 10.1 Å². The van der Waals surface area contributed by atoms with Gasteiger partial charge in [-0.2, -0.15) is 0 Å². The van der Waals surface area contributed by atoms with E-state index in [0.717, 1.165) is 48.5 Å². The minimum absolute atomic E-state index is 0.0461. The van der Waals surface area contributed by atoms with Crippen molar-refractivity contribution in [3.63, 3.8) is 0 Å². The standard InChI is InChI=1S/C24H26N4O3/c1-15-12-21(31-27-15)20-14-25-23(17-6-7-17)26-22(20)16-8-10-28(11-9-16)24(29)18-4-3-5-19(13-18)30-2/h3-5,12-14,16-17H,6-11H2,1-2H3. The van der Waals surface area contributed by atoms with Crippen LogP contribution >= 0.6 is 0 Å². The highest BCUT2D eigenvalue weighted by Crippen LogP contribution is 2.41. The van der Waals surface area contributed by atoms with Crippen molar-refractivity contribution >= 4 is 5.91 Å². The summed E-state index contributed by atoms with van der Waals surface area (Å²) < 4.78 is 10.8. The van der Waals surface area contributed by atoms with Crippen molar-refractivity contribution in [3.8, 4) is 17.1 Å².